The van der Waals surface area contributed by atoms with Gasteiger partial charge in [-0.15, -0.1) is 0 Å². The molecule has 54 valence electrons. The number of anilines is 1. The molecule has 0 saturated heterocycles. The number of para-hydroxylation sites is 1. The molecule has 0 bridgehead atoms. The fraction of sp³-hybridized carbons (Fsp3) is 0.250. The van der Waals surface area contributed by atoms with Crippen molar-refractivity contribution in [2.24, 2.45) is 0 Å². The van der Waals surface area contributed by atoms with Gasteiger partial charge in [0.2, 0.25) is 0 Å². The second kappa shape index (κ2) is 3.73. The second-order valence-electron chi connectivity index (χ2n) is 2.32. The highest BCUT2D eigenvalue weighted by Crippen LogP contribution is 2.16. The second-order valence-corrected chi connectivity index (χ2v) is 3.66. The largest absolute Gasteiger partial charge is 0.429 e. The first-order chi connectivity index (χ1) is 5.25. The molecule has 3 heteroatoms. The smallest absolute Gasteiger partial charge is 0.178 e. The summed E-state index contributed by atoms with van der Waals surface area (Å²) in [4.78, 5) is 0. The predicted octanol–water partition coefficient (Wildman–Crippen LogP) is 1.22. The quantitative estimate of drug-likeness (QED) is 0.611. The van der Waals surface area contributed by atoms with Crippen molar-refractivity contribution >= 4 is 26.5 Å². The van der Waals surface area contributed by atoms with E-state index < -0.39 is 0 Å². The lowest BCUT2D eigenvalue weighted by Gasteiger charge is -2.15. The average molecular weight is 175 g/mol. The zero-order valence-corrected chi connectivity index (χ0v) is 8.46. The summed E-state index contributed by atoms with van der Waals surface area (Å²) >= 11 is 0. The molecule has 0 aromatic heterocycles. The summed E-state index contributed by atoms with van der Waals surface area (Å²) in [5, 5.41) is 0. The van der Waals surface area contributed by atoms with Crippen molar-refractivity contribution < 1.29 is 0 Å². The maximum absolute atomic E-state index is 3.37. The van der Waals surface area contributed by atoms with Crippen molar-refractivity contribution in [3.63, 3.8) is 0 Å². The van der Waals surface area contributed by atoms with Crippen molar-refractivity contribution in [1.82, 2.24) is 0 Å². The lowest BCUT2D eigenvalue weighted by molar-refractivity contribution is 1.14. The number of hydrogen-bond donors (Lipinski definition) is 0. The molecule has 0 unspecified atom stereocenters. The predicted molar refractivity (Wildman–Crippen MR) is 49.8 cm³/mol. The number of nitrogens with zero attached hydrogens (tertiary/aromatic N) is 1. The molecule has 1 aromatic rings. The van der Waals surface area contributed by atoms with Crippen LogP contribution in [0.3, 0.4) is 0 Å². The van der Waals surface area contributed by atoms with Gasteiger partial charge in [-0.05, 0) is 18.1 Å². The summed E-state index contributed by atoms with van der Waals surface area (Å²) in [6.45, 7) is 2.14. The van der Waals surface area contributed by atoms with Crippen LogP contribution in [0.15, 0.2) is 24.3 Å². The van der Waals surface area contributed by atoms with E-state index in [1.54, 1.807) is 4.23 Å². The van der Waals surface area contributed by atoms with Gasteiger partial charge in [-0.2, -0.15) is 0 Å². The minimum atomic E-state index is 1.04. The third-order valence-electron chi connectivity index (χ3n) is 1.61. The summed E-state index contributed by atoms with van der Waals surface area (Å²) in [6, 6.07) is 8.23. The van der Waals surface area contributed by atoms with E-state index in [-0.39, 0.29) is 0 Å². The van der Waals surface area contributed by atoms with Gasteiger partial charge in [0.25, 0.3) is 0 Å². The highest BCUT2D eigenvalue weighted by molar-refractivity contribution is 6.41. The Hall–Kier alpha value is -0.546. The van der Waals surface area contributed by atoms with Crippen LogP contribution in [-0.4, -0.2) is 20.8 Å². The van der Waals surface area contributed by atoms with E-state index in [4.69, 9.17) is 0 Å². The van der Waals surface area contributed by atoms with Crippen molar-refractivity contribution in [3.05, 3.63) is 29.8 Å². The van der Waals surface area contributed by atoms with Crippen molar-refractivity contribution in [2.45, 2.75) is 13.3 Å². The first kappa shape index (κ1) is 8.55. The number of benzene rings is 1. The van der Waals surface area contributed by atoms with E-state index >= 15 is 0 Å². The minimum absolute atomic E-state index is 1.04. The van der Waals surface area contributed by atoms with Crippen LogP contribution in [0.5, 0.6) is 0 Å². The van der Waals surface area contributed by atoms with E-state index in [0.29, 0.717) is 0 Å². The normalized spacial score (nSPS) is 9.73. The topological polar surface area (TPSA) is 3.24 Å². The monoisotopic (exact) mass is 175 g/mol. The molecule has 1 rings (SSSR count). The average Bonchev–Trinajstić information content (AvgIpc) is 2.04. The first-order valence-electron chi connectivity index (χ1n) is 3.56. The fourth-order valence-corrected chi connectivity index (χ4v) is 1.46. The maximum Gasteiger partial charge on any atom is 0.178 e. The minimum Gasteiger partial charge on any atom is -0.429 e. The van der Waals surface area contributed by atoms with Gasteiger partial charge in [0, 0.05) is 5.69 Å². The van der Waals surface area contributed by atoms with Crippen LogP contribution in [0.1, 0.15) is 12.5 Å². The molecule has 1 aromatic carbocycles. The molecule has 0 spiro atoms. The third kappa shape index (κ3) is 1.94. The van der Waals surface area contributed by atoms with E-state index in [1.165, 1.54) is 5.56 Å². The maximum atomic E-state index is 3.37. The molecule has 0 heterocycles. The number of aryl methyl sites for hydroxylation is 1. The molecular weight excluding hydrogens is 166 g/mol. The highest BCUT2D eigenvalue weighted by atomic mass is 28.2. The lowest BCUT2D eigenvalue weighted by atomic mass is 10.1. The molecule has 0 atom stereocenters. The highest BCUT2D eigenvalue weighted by Gasteiger charge is 1.99. The van der Waals surface area contributed by atoms with Gasteiger partial charge >= 0.3 is 0 Å². The van der Waals surface area contributed by atoms with Crippen LogP contribution in [0.25, 0.3) is 0 Å². The number of hydrogen-bond acceptors (Lipinski definition) is 1. The van der Waals surface area contributed by atoms with E-state index in [2.05, 4.69) is 39.9 Å². The summed E-state index contributed by atoms with van der Waals surface area (Å²) in [5.41, 5.74) is 2.47. The van der Waals surface area contributed by atoms with Crippen LogP contribution in [0.2, 0.25) is 0 Å². The Morgan fingerprint density at radius 2 is 1.91 bits per heavy atom. The van der Waals surface area contributed by atoms with E-state index in [0.717, 1.165) is 12.1 Å². The molecule has 1 nitrogen and oxygen atoms in total. The Labute approximate surface area is 74.4 Å². The van der Waals surface area contributed by atoms with Crippen molar-refractivity contribution in [3.8, 4) is 0 Å². The summed E-state index contributed by atoms with van der Waals surface area (Å²) in [5.74, 6) is 0. The molecule has 0 aliphatic carbocycles. The molecule has 0 amide bonds. The van der Waals surface area contributed by atoms with Crippen LogP contribution in [-0.2, 0) is 6.42 Å². The molecule has 0 saturated carbocycles. The van der Waals surface area contributed by atoms with Crippen LogP contribution >= 0.6 is 0 Å². The standard InChI is InChI=1S/C8H9NSi2/c1-2-7-5-3-4-6-8(7)9(10)11/h3-6H,2H2,1H3. The Morgan fingerprint density at radius 3 is 2.36 bits per heavy atom. The van der Waals surface area contributed by atoms with Gasteiger partial charge in [-0.3, -0.25) is 0 Å². The zero-order chi connectivity index (χ0) is 8.27. The van der Waals surface area contributed by atoms with Gasteiger partial charge in [-0.25, -0.2) is 0 Å². The Kier molecular flexibility index (Phi) is 2.90. The Morgan fingerprint density at radius 1 is 1.27 bits per heavy atom. The van der Waals surface area contributed by atoms with Crippen LogP contribution in [0.4, 0.5) is 5.69 Å². The van der Waals surface area contributed by atoms with Crippen molar-refractivity contribution in [1.29, 1.82) is 0 Å². The molecule has 0 fully saturated rings. The summed E-state index contributed by atoms with van der Waals surface area (Å²) in [7, 11) is 6.74. The van der Waals surface area contributed by atoms with Gasteiger partial charge in [0.1, 0.15) is 0 Å². The van der Waals surface area contributed by atoms with E-state index in [1.807, 2.05) is 12.1 Å². The van der Waals surface area contributed by atoms with Crippen molar-refractivity contribution in [2.75, 3.05) is 4.23 Å². The van der Waals surface area contributed by atoms with Gasteiger partial charge < -0.3 is 4.23 Å². The first-order valence-corrected chi connectivity index (χ1v) is 4.45. The van der Waals surface area contributed by atoms with Gasteiger partial charge in [-0.1, -0.05) is 25.1 Å². The molecule has 6 radical (unpaired) electrons. The third-order valence-corrected chi connectivity index (χ3v) is 2.10. The summed E-state index contributed by atoms with van der Waals surface area (Å²) < 4.78 is 1.76. The van der Waals surface area contributed by atoms with Crippen LogP contribution < -0.4 is 4.23 Å². The molecule has 0 N–H and O–H groups in total. The zero-order valence-electron chi connectivity index (χ0n) is 6.46. The Balaban J connectivity index is 3.02. The lowest BCUT2D eigenvalue weighted by Crippen LogP contribution is -2.15. The summed E-state index contributed by atoms with van der Waals surface area (Å²) in [6.07, 6.45) is 1.04. The Bertz CT molecular complexity index is 235. The molecule has 0 aliphatic heterocycles. The SMILES string of the molecule is CCc1ccccc1N([Si])[Si]. The number of rotatable bonds is 2. The molecule has 0 aliphatic rings. The van der Waals surface area contributed by atoms with Gasteiger partial charge in [0.15, 0.2) is 20.8 Å². The fourth-order valence-electron chi connectivity index (χ4n) is 1.03. The molecule has 11 heavy (non-hydrogen) atoms. The van der Waals surface area contributed by atoms with Crippen LogP contribution in [0, 0.1) is 0 Å². The molecular formula is C8H9NSi2. The van der Waals surface area contributed by atoms with Gasteiger partial charge in [0.05, 0.1) is 0 Å². The van der Waals surface area contributed by atoms with E-state index in [9.17, 15) is 0 Å².